The topological polar surface area (TPSA) is 52.6 Å². The van der Waals surface area contributed by atoms with E-state index in [-0.39, 0.29) is 23.1 Å². The Morgan fingerprint density at radius 2 is 0.941 bits per heavy atom. The number of hydrogen-bond donors (Lipinski definition) is 0. The first kappa shape index (κ1) is 23.1. The van der Waals surface area contributed by atoms with E-state index in [1.54, 1.807) is 0 Å². The van der Waals surface area contributed by atoms with E-state index < -0.39 is 0 Å². The molecule has 0 saturated heterocycles. The Bertz CT molecular complexity index is 773. The Morgan fingerprint density at radius 3 is 1.24 bits per heavy atom. The van der Waals surface area contributed by atoms with Crippen molar-refractivity contribution in [2.24, 2.45) is 59.2 Å². The van der Waals surface area contributed by atoms with Gasteiger partial charge in [0.15, 0.2) is 0 Å². The Hall–Kier alpha value is -1.32. The summed E-state index contributed by atoms with van der Waals surface area (Å²) >= 11 is 0. The van der Waals surface area contributed by atoms with Crippen molar-refractivity contribution in [3.8, 4) is 0 Å². The fourth-order valence-electron chi connectivity index (χ4n) is 11.2. The maximum Gasteiger partial charge on any atom is 0.331 e. The molecule has 34 heavy (non-hydrogen) atoms. The first-order chi connectivity index (χ1) is 16.2. The molecule has 8 fully saturated rings. The first-order valence-corrected chi connectivity index (χ1v) is 14.3. The first-order valence-electron chi connectivity index (χ1n) is 14.3. The van der Waals surface area contributed by atoms with Gasteiger partial charge in [0.1, 0.15) is 11.2 Å². The molecule has 4 heteroatoms. The van der Waals surface area contributed by atoms with Crippen LogP contribution in [-0.4, -0.2) is 23.1 Å². The lowest BCUT2D eigenvalue weighted by Gasteiger charge is -2.61. The highest BCUT2D eigenvalue weighted by Crippen LogP contribution is 2.63. The van der Waals surface area contributed by atoms with Crippen molar-refractivity contribution in [2.45, 2.75) is 103 Å². The summed E-state index contributed by atoms with van der Waals surface area (Å²) in [7, 11) is 0. The Balaban J connectivity index is 1.14. The van der Waals surface area contributed by atoms with Crippen LogP contribution in [0, 0.1) is 59.2 Å². The second-order valence-electron chi connectivity index (χ2n) is 14.1. The molecule has 0 N–H and O–H groups in total. The monoisotopic (exact) mass is 468 g/mol. The molecule has 8 saturated carbocycles. The van der Waals surface area contributed by atoms with Gasteiger partial charge in [-0.25, -0.2) is 9.59 Å². The zero-order valence-electron chi connectivity index (χ0n) is 21.6. The summed E-state index contributed by atoms with van der Waals surface area (Å²) in [4.78, 5) is 26.0. The van der Waals surface area contributed by atoms with Crippen molar-refractivity contribution in [3.05, 3.63) is 12.2 Å². The fraction of sp³-hybridized carbons (Fsp3) is 0.867. The van der Waals surface area contributed by atoms with Crippen LogP contribution in [0.25, 0.3) is 0 Å². The summed E-state index contributed by atoms with van der Waals surface area (Å²) in [5.74, 6) is 5.42. The van der Waals surface area contributed by atoms with E-state index in [0.717, 1.165) is 25.7 Å². The molecular weight excluding hydrogens is 424 g/mol. The van der Waals surface area contributed by atoms with Crippen LogP contribution in [-0.2, 0) is 19.1 Å². The standard InChI is InChI=1S/C30H44O4/c1-17(2)27-23-9-19-7-20(10-23)14-29(27,13-19)33-25(31)5-6-26(32)34-30-15-21-8-22(16-30)12-24(11-21)28(30)18(3)4/h5-6,17-24,27-28H,7-16H2,1-4H3/b6-5+. The molecule has 6 unspecified atom stereocenters. The quantitative estimate of drug-likeness (QED) is 0.338. The summed E-state index contributed by atoms with van der Waals surface area (Å²) in [6.07, 6.45) is 14.6. The number of rotatable bonds is 6. The molecule has 0 aromatic rings. The van der Waals surface area contributed by atoms with Crippen molar-refractivity contribution in [3.63, 3.8) is 0 Å². The van der Waals surface area contributed by atoms with E-state index in [0.29, 0.717) is 59.2 Å². The highest BCUT2D eigenvalue weighted by atomic mass is 16.6. The maximum absolute atomic E-state index is 13.0. The minimum Gasteiger partial charge on any atom is -0.456 e. The molecule has 188 valence electrons. The lowest BCUT2D eigenvalue weighted by molar-refractivity contribution is -0.213. The number of hydrogen-bond acceptors (Lipinski definition) is 4. The van der Waals surface area contributed by atoms with Crippen molar-refractivity contribution in [1.82, 2.24) is 0 Å². The maximum atomic E-state index is 13.0. The molecule has 8 aliphatic carbocycles. The number of ether oxygens (including phenoxy) is 2. The van der Waals surface area contributed by atoms with Crippen LogP contribution in [0.5, 0.6) is 0 Å². The van der Waals surface area contributed by atoms with Crippen LogP contribution < -0.4 is 0 Å². The van der Waals surface area contributed by atoms with E-state index >= 15 is 0 Å². The van der Waals surface area contributed by atoms with Gasteiger partial charge >= 0.3 is 11.9 Å². The largest absolute Gasteiger partial charge is 0.456 e. The average Bonchev–Trinajstić information content (AvgIpc) is 2.69. The minimum absolute atomic E-state index is 0.323. The van der Waals surface area contributed by atoms with Gasteiger partial charge in [-0.2, -0.15) is 0 Å². The fourth-order valence-corrected chi connectivity index (χ4v) is 11.2. The van der Waals surface area contributed by atoms with Gasteiger partial charge in [0, 0.05) is 24.0 Å². The van der Waals surface area contributed by atoms with Crippen molar-refractivity contribution in [2.75, 3.05) is 0 Å². The second kappa shape index (κ2) is 8.10. The highest BCUT2D eigenvalue weighted by molar-refractivity contribution is 5.92. The summed E-state index contributed by atoms with van der Waals surface area (Å²) in [5, 5.41) is 0. The normalized spacial score (nSPS) is 48.3. The molecule has 0 aromatic heterocycles. The Labute approximate surface area is 205 Å². The zero-order chi connectivity index (χ0) is 23.8. The van der Waals surface area contributed by atoms with Crippen LogP contribution >= 0.6 is 0 Å². The van der Waals surface area contributed by atoms with Crippen LogP contribution in [0.3, 0.4) is 0 Å². The number of carbonyl (C=O) groups excluding carboxylic acids is 2. The van der Waals surface area contributed by atoms with Gasteiger partial charge in [-0.05, 0) is 112 Å². The molecule has 6 atom stereocenters. The second-order valence-corrected chi connectivity index (χ2v) is 14.1. The van der Waals surface area contributed by atoms with Crippen molar-refractivity contribution >= 4 is 11.9 Å². The van der Waals surface area contributed by atoms with Gasteiger partial charge in [0.05, 0.1) is 0 Å². The molecule has 0 aliphatic heterocycles. The molecule has 8 rings (SSSR count). The third-order valence-electron chi connectivity index (χ3n) is 11.0. The average molecular weight is 469 g/mol. The van der Waals surface area contributed by atoms with Gasteiger partial charge < -0.3 is 9.47 Å². The van der Waals surface area contributed by atoms with Crippen LogP contribution in [0.2, 0.25) is 0 Å². The third-order valence-corrected chi connectivity index (χ3v) is 11.0. The summed E-state index contributed by atoms with van der Waals surface area (Å²) in [5.41, 5.74) is -0.645. The van der Waals surface area contributed by atoms with Gasteiger partial charge in [-0.3, -0.25) is 0 Å². The molecular formula is C30H44O4. The van der Waals surface area contributed by atoms with Crippen LogP contribution in [0.15, 0.2) is 12.2 Å². The summed E-state index contributed by atoms with van der Waals surface area (Å²) < 4.78 is 12.6. The summed E-state index contributed by atoms with van der Waals surface area (Å²) in [6, 6.07) is 0. The molecule has 8 aliphatic rings. The van der Waals surface area contributed by atoms with Gasteiger partial charge in [-0.1, -0.05) is 27.7 Å². The molecule has 4 nitrogen and oxygen atoms in total. The zero-order valence-corrected chi connectivity index (χ0v) is 21.6. The van der Waals surface area contributed by atoms with Gasteiger partial charge in [-0.15, -0.1) is 0 Å². The summed E-state index contributed by atoms with van der Waals surface area (Å²) in [6.45, 7) is 9.14. The van der Waals surface area contributed by atoms with Crippen LogP contribution in [0.1, 0.15) is 91.9 Å². The van der Waals surface area contributed by atoms with Crippen molar-refractivity contribution < 1.29 is 19.1 Å². The highest BCUT2D eigenvalue weighted by Gasteiger charge is 2.61. The van der Waals surface area contributed by atoms with Gasteiger partial charge in [0.25, 0.3) is 0 Å². The molecule has 0 heterocycles. The lowest BCUT2D eigenvalue weighted by atomic mass is 9.47. The Kier molecular flexibility index (Phi) is 5.50. The lowest BCUT2D eigenvalue weighted by Crippen LogP contribution is -2.60. The van der Waals surface area contributed by atoms with Crippen LogP contribution in [0.4, 0.5) is 0 Å². The minimum atomic E-state index is -0.351. The number of carbonyl (C=O) groups is 2. The Morgan fingerprint density at radius 1 is 0.618 bits per heavy atom. The molecule has 8 bridgehead atoms. The third kappa shape index (κ3) is 3.68. The van der Waals surface area contributed by atoms with E-state index in [1.165, 1.54) is 50.7 Å². The number of esters is 2. The van der Waals surface area contributed by atoms with Crippen molar-refractivity contribution in [1.29, 1.82) is 0 Å². The molecule has 0 aromatic carbocycles. The smallest absolute Gasteiger partial charge is 0.331 e. The van der Waals surface area contributed by atoms with Gasteiger partial charge in [0.2, 0.25) is 0 Å². The molecule has 0 amide bonds. The predicted molar refractivity (Wildman–Crippen MR) is 131 cm³/mol. The predicted octanol–water partition coefficient (Wildman–Crippen LogP) is 6.33. The molecule has 0 radical (unpaired) electrons. The van der Waals surface area contributed by atoms with E-state index in [2.05, 4.69) is 27.7 Å². The SMILES string of the molecule is CC(C)C1C2CC3CC(C2)CC1(OC(=O)/C=C/C(=O)OC12CC4CC(CC(C4)C1C(C)C)C2)C3. The van der Waals surface area contributed by atoms with E-state index in [4.69, 9.17) is 9.47 Å². The van der Waals surface area contributed by atoms with E-state index in [9.17, 15) is 9.59 Å². The molecule has 0 spiro atoms. The van der Waals surface area contributed by atoms with E-state index in [1.807, 2.05) is 0 Å².